The number of carbonyl (C=O) groups is 1. The maximum absolute atomic E-state index is 11.3. The molecule has 0 unspecified atom stereocenters. The lowest BCUT2D eigenvalue weighted by molar-refractivity contribution is -0.115. The van der Waals surface area contributed by atoms with Crippen molar-refractivity contribution in [2.75, 3.05) is 5.32 Å². The van der Waals surface area contributed by atoms with Gasteiger partial charge in [0, 0.05) is 5.69 Å². The fourth-order valence-electron chi connectivity index (χ4n) is 0.908. The molecule has 0 radical (unpaired) electrons. The van der Waals surface area contributed by atoms with Gasteiger partial charge in [-0.25, -0.2) is 0 Å². The van der Waals surface area contributed by atoms with Crippen LogP contribution in [0.2, 0.25) is 0 Å². The van der Waals surface area contributed by atoms with Gasteiger partial charge in [0.1, 0.15) is 0 Å². The maximum Gasteiger partial charge on any atom is 0.237 e. The predicted molar refractivity (Wildman–Crippen MR) is 58.2 cm³/mol. The summed E-state index contributed by atoms with van der Waals surface area (Å²) >= 11 is 3.16. The summed E-state index contributed by atoms with van der Waals surface area (Å²) in [4.78, 5) is 11.0. The number of benzene rings is 1. The molecule has 72 valence electrons. The summed E-state index contributed by atoms with van der Waals surface area (Å²) in [6, 6.07) is 8.80. The number of nitriles is 1. The van der Waals surface area contributed by atoms with Gasteiger partial charge in [0.15, 0.2) is 0 Å². The summed E-state index contributed by atoms with van der Waals surface area (Å²) in [7, 11) is 0. The highest BCUT2D eigenvalue weighted by atomic mass is 79.9. The number of nitrogens with one attached hydrogen (secondary N) is 1. The molecule has 0 fully saturated rings. The van der Waals surface area contributed by atoms with Crippen LogP contribution in [0.5, 0.6) is 0 Å². The van der Waals surface area contributed by atoms with Crippen LogP contribution in [0.4, 0.5) is 5.69 Å². The quantitative estimate of drug-likeness (QED) is 0.822. The molecule has 1 atom stereocenters. The van der Waals surface area contributed by atoms with E-state index in [2.05, 4.69) is 21.2 Å². The van der Waals surface area contributed by atoms with Gasteiger partial charge in [-0.15, -0.1) is 0 Å². The molecule has 0 bridgehead atoms. The van der Waals surface area contributed by atoms with Crippen molar-refractivity contribution in [3.05, 3.63) is 29.8 Å². The third-order valence-electron chi connectivity index (χ3n) is 1.62. The summed E-state index contributed by atoms with van der Waals surface area (Å²) in [5.74, 6) is -0.125. The van der Waals surface area contributed by atoms with Crippen LogP contribution in [0.25, 0.3) is 0 Å². The molecule has 14 heavy (non-hydrogen) atoms. The van der Waals surface area contributed by atoms with Gasteiger partial charge < -0.3 is 5.32 Å². The summed E-state index contributed by atoms with van der Waals surface area (Å²) in [5, 5.41) is 11.3. The molecule has 4 heteroatoms. The van der Waals surface area contributed by atoms with Gasteiger partial charge in [0.2, 0.25) is 5.91 Å². The third kappa shape index (κ3) is 2.86. The van der Waals surface area contributed by atoms with E-state index in [4.69, 9.17) is 5.26 Å². The normalized spacial score (nSPS) is 11.5. The van der Waals surface area contributed by atoms with Crippen molar-refractivity contribution < 1.29 is 4.79 Å². The number of anilines is 1. The van der Waals surface area contributed by atoms with Gasteiger partial charge in [-0.05, 0) is 25.1 Å². The van der Waals surface area contributed by atoms with E-state index in [0.29, 0.717) is 11.3 Å². The Morgan fingerprint density at radius 3 is 2.93 bits per heavy atom. The molecule has 0 saturated heterocycles. The molecule has 1 rings (SSSR count). The van der Waals surface area contributed by atoms with Crippen molar-refractivity contribution in [3.8, 4) is 6.07 Å². The van der Waals surface area contributed by atoms with E-state index in [-0.39, 0.29) is 10.7 Å². The Morgan fingerprint density at radius 2 is 2.36 bits per heavy atom. The van der Waals surface area contributed by atoms with Crippen LogP contribution in [0.1, 0.15) is 12.5 Å². The van der Waals surface area contributed by atoms with Crippen molar-refractivity contribution >= 4 is 27.5 Å². The van der Waals surface area contributed by atoms with Gasteiger partial charge in [0.25, 0.3) is 0 Å². The molecular weight excluding hydrogens is 244 g/mol. The lowest BCUT2D eigenvalue weighted by Gasteiger charge is -2.06. The summed E-state index contributed by atoms with van der Waals surface area (Å²) < 4.78 is 0. The van der Waals surface area contributed by atoms with Crippen LogP contribution in [-0.4, -0.2) is 10.7 Å². The van der Waals surface area contributed by atoms with Gasteiger partial charge in [-0.3, -0.25) is 4.79 Å². The highest BCUT2D eigenvalue weighted by Gasteiger charge is 2.08. The molecule has 0 saturated carbocycles. The molecule has 1 N–H and O–H groups in total. The first-order chi connectivity index (χ1) is 6.63. The van der Waals surface area contributed by atoms with Crippen LogP contribution in [0.15, 0.2) is 24.3 Å². The fourth-order valence-corrected chi connectivity index (χ4v) is 1.02. The van der Waals surface area contributed by atoms with Gasteiger partial charge >= 0.3 is 0 Å². The number of hydrogen-bond donors (Lipinski definition) is 1. The van der Waals surface area contributed by atoms with E-state index >= 15 is 0 Å². The van der Waals surface area contributed by atoms with Crippen LogP contribution in [0.3, 0.4) is 0 Å². The number of nitrogens with zero attached hydrogens (tertiary/aromatic N) is 1. The standard InChI is InChI=1S/C10H9BrN2O/c1-7(11)10(14)13-9-4-2-3-8(5-9)6-12/h2-5,7H,1H3,(H,13,14)/t7-/m0/s1. The average molecular weight is 253 g/mol. The summed E-state index contributed by atoms with van der Waals surface area (Å²) in [5.41, 5.74) is 1.17. The second-order valence-electron chi connectivity index (χ2n) is 2.80. The molecule has 0 aliphatic carbocycles. The Bertz CT molecular complexity index is 382. The van der Waals surface area contributed by atoms with Crippen molar-refractivity contribution in [2.24, 2.45) is 0 Å². The second-order valence-corrected chi connectivity index (χ2v) is 4.17. The fraction of sp³-hybridized carbons (Fsp3) is 0.200. The van der Waals surface area contributed by atoms with Crippen LogP contribution in [0, 0.1) is 11.3 Å². The Hall–Kier alpha value is -1.34. The Morgan fingerprint density at radius 1 is 1.64 bits per heavy atom. The number of alkyl halides is 1. The molecule has 1 aromatic rings. The monoisotopic (exact) mass is 252 g/mol. The average Bonchev–Trinajstić information content (AvgIpc) is 2.18. The first kappa shape index (κ1) is 10.7. The smallest absolute Gasteiger partial charge is 0.237 e. The SMILES string of the molecule is C[C@H](Br)C(=O)Nc1cccc(C#N)c1. The zero-order valence-electron chi connectivity index (χ0n) is 7.62. The highest BCUT2D eigenvalue weighted by molar-refractivity contribution is 9.10. The largest absolute Gasteiger partial charge is 0.325 e. The van der Waals surface area contributed by atoms with E-state index in [1.165, 1.54) is 0 Å². The van der Waals surface area contributed by atoms with E-state index in [9.17, 15) is 4.79 Å². The highest BCUT2D eigenvalue weighted by Crippen LogP contribution is 2.11. The predicted octanol–water partition coefficient (Wildman–Crippen LogP) is 2.28. The van der Waals surface area contributed by atoms with E-state index < -0.39 is 0 Å². The van der Waals surface area contributed by atoms with Crippen molar-refractivity contribution in [1.29, 1.82) is 5.26 Å². The van der Waals surface area contributed by atoms with E-state index in [0.717, 1.165) is 0 Å². The molecule has 0 spiro atoms. The van der Waals surface area contributed by atoms with Crippen molar-refractivity contribution in [2.45, 2.75) is 11.8 Å². The second kappa shape index (κ2) is 4.77. The Balaban J connectivity index is 2.78. The van der Waals surface area contributed by atoms with Gasteiger partial charge in [-0.2, -0.15) is 5.26 Å². The van der Waals surface area contributed by atoms with Crippen LogP contribution in [-0.2, 0) is 4.79 Å². The lowest BCUT2D eigenvalue weighted by Crippen LogP contribution is -2.19. The lowest BCUT2D eigenvalue weighted by atomic mass is 10.2. The number of halogens is 1. The molecular formula is C10H9BrN2O. The minimum absolute atomic E-state index is 0.125. The zero-order valence-corrected chi connectivity index (χ0v) is 9.21. The molecule has 0 aromatic heterocycles. The third-order valence-corrected chi connectivity index (χ3v) is 2.04. The topological polar surface area (TPSA) is 52.9 Å². The van der Waals surface area contributed by atoms with Crippen molar-refractivity contribution in [1.82, 2.24) is 0 Å². The summed E-state index contributed by atoms with van der Waals surface area (Å²) in [6.07, 6.45) is 0. The van der Waals surface area contributed by atoms with Crippen LogP contribution >= 0.6 is 15.9 Å². The maximum atomic E-state index is 11.3. The van der Waals surface area contributed by atoms with E-state index in [1.54, 1.807) is 31.2 Å². The van der Waals surface area contributed by atoms with Gasteiger partial charge in [0.05, 0.1) is 16.5 Å². The number of amides is 1. The first-order valence-corrected chi connectivity index (χ1v) is 5.00. The molecule has 3 nitrogen and oxygen atoms in total. The molecule has 1 amide bonds. The molecule has 1 aromatic carbocycles. The number of rotatable bonds is 2. The Labute approximate surface area is 90.9 Å². The molecule has 0 aliphatic rings. The molecule has 0 aliphatic heterocycles. The number of hydrogen-bond acceptors (Lipinski definition) is 2. The first-order valence-electron chi connectivity index (χ1n) is 4.08. The number of carbonyl (C=O) groups excluding carboxylic acids is 1. The zero-order chi connectivity index (χ0) is 10.6. The van der Waals surface area contributed by atoms with Crippen LogP contribution < -0.4 is 5.32 Å². The Kier molecular flexibility index (Phi) is 3.66. The minimum Gasteiger partial charge on any atom is -0.325 e. The summed E-state index contributed by atoms with van der Waals surface area (Å²) in [6.45, 7) is 1.74. The molecule has 0 heterocycles. The van der Waals surface area contributed by atoms with Crippen molar-refractivity contribution in [3.63, 3.8) is 0 Å². The van der Waals surface area contributed by atoms with Gasteiger partial charge in [-0.1, -0.05) is 22.0 Å². The minimum atomic E-state index is -0.242. The van der Waals surface area contributed by atoms with E-state index in [1.807, 2.05) is 6.07 Å².